The van der Waals surface area contributed by atoms with Crippen LogP contribution in [0.3, 0.4) is 0 Å². The SMILES string of the molecule is Cc1nn(Cn2nc(C)c(NC(=O)c3noc(C)c3COc3ccc(Cl)cc3)c2C)c(C)c1Br. The Labute approximate surface area is 210 Å². The van der Waals surface area contributed by atoms with Gasteiger partial charge >= 0.3 is 0 Å². The lowest BCUT2D eigenvalue weighted by Gasteiger charge is -2.09. The van der Waals surface area contributed by atoms with E-state index in [0.717, 1.165) is 21.6 Å². The van der Waals surface area contributed by atoms with Gasteiger partial charge < -0.3 is 14.6 Å². The van der Waals surface area contributed by atoms with Crippen molar-refractivity contribution in [2.24, 2.45) is 0 Å². The van der Waals surface area contributed by atoms with Gasteiger partial charge in [-0.25, -0.2) is 9.36 Å². The van der Waals surface area contributed by atoms with Gasteiger partial charge in [0.15, 0.2) is 5.69 Å². The molecule has 4 aromatic rings. The Bertz CT molecular complexity index is 1360. The summed E-state index contributed by atoms with van der Waals surface area (Å²) in [5.41, 5.74) is 4.75. The number of hydrogen-bond acceptors (Lipinski definition) is 6. The van der Waals surface area contributed by atoms with E-state index in [4.69, 9.17) is 20.9 Å². The van der Waals surface area contributed by atoms with E-state index < -0.39 is 5.91 Å². The molecule has 4 rings (SSSR count). The van der Waals surface area contributed by atoms with Gasteiger partial charge in [-0.2, -0.15) is 10.2 Å². The van der Waals surface area contributed by atoms with Crippen LogP contribution in [0, 0.1) is 34.6 Å². The van der Waals surface area contributed by atoms with E-state index in [9.17, 15) is 4.79 Å². The Hall–Kier alpha value is -3.11. The summed E-state index contributed by atoms with van der Waals surface area (Å²) in [6, 6.07) is 6.98. The van der Waals surface area contributed by atoms with Crippen molar-refractivity contribution in [1.29, 1.82) is 0 Å². The van der Waals surface area contributed by atoms with Crippen LogP contribution in [0.1, 0.15) is 44.6 Å². The number of aryl methyl sites for hydroxylation is 3. The normalized spacial score (nSPS) is 11.1. The fraction of sp³-hybridized carbons (Fsp3) is 0.304. The topological polar surface area (TPSA) is 100 Å². The minimum Gasteiger partial charge on any atom is -0.489 e. The molecule has 0 saturated heterocycles. The zero-order chi connectivity index (χ0) is 24.6. The highest BCUT2D eigenvalue weighted by atomic mass is 79.9. The van der Waals surface area contributed by atoms with Crippen molar-refractivity contribution in [3.05, 3.63) is 73.6 Å². The number of carbonyl (C=O) groups excluding carboxylic acids is 1. The molecule has 3 aromatic heterocycles. The average Bonchev–Trinajstić information content (AvgIpc) is 3.39. The van der Waals surface area contributed by atoms with Crippen molar-refractivity contribution in [1.82, 2.24) is 24.7 Å². The lowest BCUT2D eigenvalue weighted by molar-refractivity contribution is 0.101. The Kier molecular flexibility index (Phi) is 6.81. The van der Waals surface area contributed by atoms with Crippen LogP contribution in [0.25, 0.3) is 0 Å². The number of rotatable bonds is 7. The van der Waals surface area contributed by atoms with Crippen LogP contribution >= 0.6 is 27.5 Å². The Morgan fingerprint density at radius 1 is 1.06 bits per heavy atom. The van der Waals surface area contributed by atoms with Gasteiger partial charge in [-0.1, -0.05) is 16.8 Å². The summed E-state index contributed by atoms with van der Waals surface area (Å²) in [6.07, 6.45) is 0. The molecule has 0 saturated carbocycles. The summed E-state index contributed by atoms with van der Waals surface area (Å²) < 4.78 is 15.7. The van der Waals surface area contributed by atoms with Gasteiger partial charge in [0.25, 0.3) is 5.91 Å². The number of amides is 1. The van der Waals surface area contributed by atoms with Crippen molar-refractivity contribution < 1.29 is 14.1 Å². The standard InChI is InChI=1S/C23H24BrClN6O3/c1-12-20(24)14(3)30(27-12)11-31-15(4)21(13(2)28-31)26-23(32)22-19(16(5)34-29-22)10-33-18-8-6-17(25)7-9-18/h6-9H,10-11H2,1-5H3,(H,26,32). The summed E-state index contributed by atoms with van der Waals surface area (Å²) in [7, 11) is 0. The third-order valence-electron chi connectivity index (χ3n) is 5.58. The molecule has 34 heavy (non-hydrogen) atoms. The van der Waals surface area contributed by atoms with Gasteiger partial charge in [0.2, 0.25) is 0 Å². The van der Waals surface area contributed by atoms with E-state index >= 15 is 0 Å². The number of nitrogens with one attached hydrogen (secondary N) is 1. The molecule has 0 aliphatic carbocycles. The largest absolute Gasteiger partial charge is 0.489 e. The number of aromatic nitrogens is 5. The van der Waals surface area contributed by atoms with Crippen molar-refractivity contribution in [2.45, 2.75) is 47.9 Å². The molecule has 0 spiro atoms. The third-order valence-corrected chi connectivity index (χ3v) is 6.98. The molecule has 0 radical (unpaired) electrons. The molecular formula is C23H24BrClN6O3. The highest BCUT2D eigenvalue weighted by Crippen LogP contribution is 2.25. The quantitative estimate of drug-likeness (QED) is 0.334. The first-order valence-electron chi connectivity index (χ1n) is 10.5. The highest BCUT2D eigenvalue weighted by Gasteiger charge is 2.23. The van der Waals surface area contributed by atoms with Gasteiger partial charge in [0.1, 0.15) is 24.8 Å². The van der Waals surface area contributed by atoms with Crippen LogP contribution in [0.15, 0.2) is 33.3 Å². The summed E-state index contributed by atoms with van der Waals surface area (Å²) in [5.74, 6) is 0.740. The maximum absolute atomic E-state index is 13.1. The highest BCUT2D eigenvalue weighted by molar-refractivity contribution is 9.10. The number of benzene rings is 1. The van der Waals surface area contributed by atoms with E-state index in [-0.39, 0.29) is 12.3 Å². The fourth-order valence-electron chi connectivity index (χ4n) is 3.55. The fourth-order valence-corrected chi connectivity index (χ4v) is 3.96. The Morgan fingerprint density at radius 2 is 1.71 bits per heavy atom. The minimum absolute atomic E-state index is 0.129. The van der Waals surface area contributed by atoms with Gasteiger partial charge in [0.05, 0.1) is 38.5 Å². The molecule has 1 aromatic carbocycles. The zero-order valence-corrected chi connectivity index (χ0v) is 21.8. The molecule has 178 valence electrons. The third kappa shape index (κ3) is 4.74. The predicted octanol–water partition coefficient (Wildman–Crippen LogP) is 5.36. The lowest BCUT2D eigenvalue weighted by atomic mass is 10.2. The maximum Gasteiger partial charge on any atom is 0.278 e. The first-order chi connectivity index (χ1) is 16.2. The molecule has 0 fully saturated rings. The van der Waals surface area contributed by atoms with Crippen molar-refractivity contribution in [2.75, 3.05) is 5.32 Å². The number of hydrogen-bond donors (Lipinski definition) is 1. The van der Waals surface area contributed by atoms with Crippen LogP contribution in [-0.4, -0.2) is 30.6 Å². The number of carbonyl (C=O) groups is 1. The summed E-state index contributed by atoms with van der Waals surface area (Å²) >= 11 is 9.47. The molecule has 3 heterocycles. The number of ether oxygens (including phenoxy) is 1. The molecule has 11 heteroatoms. The van der Waals surface area contributed by atoms with Gasteiger partial charge in [-0.15, -0.1) is 0 Å². The van der Waals surface area contributed by atoms with Crippen molar-refractivity contribution >= 4 is 39.1 Å². The monoisotopic (exact) mass is 546 g/mol. The van der Waals surface area contributed by atoms with E-state index in [0.29, 0.717) is 40.1 Å². The molecule has 0 aliphatic heterocycles. The number of anilines is 1. The molecule has 0 bridgehead atoms. The molecule has 1 N–H and O–H groups in total. The molecular weight excluding hydrogens is 524 g/mol. The Balaban J connectivity index is 1.52. The molecule has 0 unspecified atom stereocenters. The van der Waals surface area contributed by atoms with Crippen molar-refractivity contribution in [3.63, 3.8) is 0 Å². The van der Waals surface area contributed by atoms with E-state index in [1.807, 2.05) is 32.4 Å². The first kappa shape index (κ1) is 24.0. The zero-order valence-electron chi connectivity index (χ0n) is 19.4. The summed E-state index contributed by atoms with van der Waals surface area (Å²) in [6.45, 7) is 9.95. The maximum atomic E-state index is 13.1. The van der Waals surface area contributed by atoms with Crippen LogP contribution in [0.4, 0.5) is 5.69 Å². The van der Waals surface area contributed by atoms with E-state index in [1.165, 1.54) is 0 Å². The van der Waals surface area contributed by atoms with E-state index in [1.54, 1.807) is 35.9 Å². The first-order valence-corrected chi connectivity index (χ1v) is 11.7. The molecule has 9 nitrogen and oxygen atoms in total. The molecule has 1 amide bonds. The predicted molar refractivity (Wildman–Crippen MR) is 131 cm³/mol. The number of nitrogens with zero attached hydrogens (tertiary/aromatic N) is 5. The molecule has 0 atom stereocenters. The second-order valence-electron chi connectivity index (χ2n) is 7.93. The average molecular weight is 548 g/mol. The smallest absolute Gasteiger partial charge is 0.278 e. The van der Waals surface area contributed by atoms with Crippen LogP contribution < -0.4 is 10.1 Å². The summed E-state index contributed by atoms with van der Waals surface area (Å²) in [5, 5.41) is 16.6. The van der Waals surface area contributed by atoms with Crippen LogP contribution in [-0.2, 0) is 13.3 Å². The van der Waals surface area contributed by atoms with Gasteiger partial charge in [0, 0.05) is 5.02 Å². The minimum atomic E-state index is -0.397. The number of halogens is 2. The van der Waals surface area contributed by atoms with Crippen LogP contribution in [0.5, 0.6) is 5.75 Å². The van der Waals surface area contributed by atoms with Gasteiger partial charge in [-0.05, 0) is 74.8 Å². The van der Waals surface area contributed by atoms with E-state index in [2.05, 4.69) is 36.6 Å². The lowest BCUT2D eigenvalue weighted by Crippen LogP contribution is -2.17. The van der Waals surface area contributed by atoms with Gasteiger partial charge in [-0.3, -0.25) is 4.79 Å². The van der Waals surface area contributed by atoms with Crippen molar-refractivity contribution in [3.8, 4) is 5.75 Å². The van der Waals surface area contributed by atoms with Crippen LogP contribution in [0.2, 0.25) is 5.02 Å². The second kappa shape index (κ2) is 9.63. The Morgan fingerprint density at radius 3 is 2.35 bits per heavy atom. The molecule has 0 aliphatic rings. The second-order valence-corrected chi connectivity index (χ2v) is 9.16. The summed E-state index contributed by atoms with van der Waals surface area (Å²) in [4.78, 5) is 13.1.